The molecule has 136 valence electrons. The summed E-state index contributed by atoms with van der Waals surface area (Å²) < 4.78 is 5.08. The van der Waals surface area contributed by atoms with Gasteiger partial charge in [0, 0.05) is 4.90 Å². The molecule has 2 aromatic carbocycles. The van der Waals surface area contributed by atoms with Crippen molar-refractivity contribution in [2.45, 2.75) is 37.1 Å². The molecule has 0 aromatic heterocycles. The third-order valence-electron chi connectivity index (χ3n) is 4.47. The van der Waals surface area contributed by atoms with Crippen LogP contribution in [0.1, 0.15) is 36.1 Å². The minimum absolute atomic E-state index is 0.122. The molecule has 3 rings (SSSR count). The summed E-state index contributed by atoms with van der Waals surface area (Å²) in [6.07, 6.45) is 3.48. The van der Waals surface area contributed by atoms with E-state index in [1.54, 1.807) is 0 Å². The normalized spacial score (nSPS) is 13.7. The lowest BCUT2D eigenvalue weighted by Gasteiger charge is -2.14. The number of carbonyl (C=O) groups is 2. The van der Waals surface area contributed by atoms with Gasteiger partial charge in [-0.05, 0) is 55.0 Å². The van der Waals surface area contributed by atoms with Crippen molar-refractivity contribution in [1.29, 1.82) is 0 Å². The monoisotopic (exact) mass is 369 g/mol. The van der Waals surface area contributed by atoms with Crippen molar-refractivity contribution in [2.24, 2.45) is 0 Å². The lowest BCUT2D eigenvalue weighted by molar-refractivity contribution is -0.146. The predicted octanol–water partition coefficient (Wildman–Crippen LogP) is 3.69. The van der Waals surface area contributed by atoms with Crippen molar-refractivity contribution < 1.29 is 14.3 Å². The van der Waals surface area contributed by atoms with Crippen LogP contribution in [0.5, 0.6) is 0 Å². The number of hydrogen-bond donors (Lipinski definition) is 1. The van der Waals surface area contributed by atoms with Gasteiger partial charge in [-0.15, -0.1) is 11.8 Å². The molecule has 1 aliphatic carbocycles. The topological polar surface area (TPSA) is 55.4 Å². The number of esters is 1. The van der Waals surface area contributed by atoms with Gasteiger partial charge in [0.2, 0.25) is 0 Å². The van der Waals surface area contributed by atoms with Gasteiger partial charge >= 0.3 is 5.97 Å². The average Bonchev–Trinajstić information content (AvgIpc) is 3.13. The predicted molar refractivity (Wildman–Crippen MR) is 103 cm³/mol. The van der Waals surface area contributed by atoms with Crippen LogP contribution >= 0.6 is 11.8 Å². The van der Waals surface area contributed by atoms with Crippen LogP contribution in [0.3, 0.4) is 0 Å². The number of thioether (sulfide) groups is 1. The molecule has 4 nitrogen and oxygen atoms in total. The summed E-state index contributed by atoms with van der Waals surface area (Å²) in [7, 11) is 0. The molecule has 1 N–H and O–H groups in total. The summed E-state index contributed by atoms with van der Waals surface area (Å²) in [5, 5.41) is 2.83. The lowest BCUT2D eigenvalue weighted by atomic mass is 10.1. The Hall–Kier alpha value is -2.27. The van der Waals surface area contributed by atoms with Crippen molar-refractivity contribution in [3.05, 3.63) is 65.2 Å². The second-order valence-electron chi connectivity index (χ2n) is 6.43. The molecule has 1 amide bonds. The standard InChI is InChI=1S/C21H23NO3S/c1-15(16-6-3-2-4-7-16)22-20(23)13-25-21(24)14-26-19-11-10-17-8-5-9-18(17)12-19/h2-4,6-7,10-12,15H,5,8-9,13-14H2,1H3,(H,22,23)/t15-/m1/s1. The van der Waals surface area contributed by atoms with E-state index in [1.165, 1.54) is 29.3 Å². The molecule has 1 aliphatic rings. The van der Waals surface area contributed by atoms with Crippen molar-refractivity contribution in [2.75, 3.05) is 12.4 Å². The SMILES string of the molecule is C[C@@H](NC(=O)COC(=O)CSc1ccc2c(c1)CCC2)c1ccccc1. The Bertz CT molecular complexity index is 776. The number of fused-ring (bicyclic) bond motifs is 1. The van der Waals surface area contributed by atoms with Crippen molar-refractivity contribution in [3.63, 3.8) is 0 Å². The van der Waals surface area contributed by atoms with Gasteiger partial charge in [0.05, 0.1) is 11.8 Å². The Labute approximate surface area is 158 Å². The van der Waals surface area contributed by atoms with Gasteiger partial charge in [-0.2, -0.15) is 0 Å². The lowest BCUT2D eigenvalue weighted by Crippen LogP contribution is -2.31. The summed E-state index contributed by atoms with van der Waals surface area (Å²) in [6.45, 7) is 1.65. The van der Waals surface area contributed by atoms with Crippen LogP contribution in [-0.2, 0) is 27.2 Å². The van der Waals surface area contributed by atoms with E-state index < -0.39 is 0 Å². The van der Waals surface area contributed by atoms with E-state index in [0.717, 1.165) is 23.3 Å². The first-order valence-electron chi connectivity index (χ1n) is 8.86. The summed E-state index contributed by atoms with van der Waals surface area (Å²) in [5.74, 6) is -0.462. The van der Waals surface area contributed by atoms with E-state index in [9.17, 15) is 9.59 Å². The maximum absolute atomic E-state index is 11.9. The van der Waals surface area contributed by atoms with E-state index in [4.69, 9.17) is 4.74 Å². The van der Waals surface area contributed by atoms with Crippen LogP contribution in [0.4, 0.5) is 0 Å². The third kappa shape index (κ3) is 5.11. The Morgan fingerprint density at radius 2 is 1.88 bits per heavy atom. The fourth-order valence-electron chi connectivity index (χ4n) is 3.08. The molecule has 0 spiro atoms. The highest BCUT2D eigenvalue weighted by Gasteiger charge is 2.14. The summed E-state index contributed by atoms with van der Waals surface area (Å²) in [6, 6.07) is 15.9. The van der Waals surface area contributed by atoms with Gasteiger partial charge in [-0.25, -0.2) is 0 Å². The van der Waals surface area contributed by atoms with Crippen LogP contribution in [0, 0.1) is 0 Å². The number of ether oxygens (including phenoxy) is 1. The maximum atomic E-state index is 11.9. The molecular weight excluding hydrogens is 346 g/mol. The molecule has 0 fully saturated rings. The zero-order valence-electron chi connectivity index (χ0n) is 14.9. The van der Waals surface area contributed by atoms with Gasteiger partial charge in [-0.3, -0.25) is 9.59 Å². The number of amides is 1. The first kappa shape index (κ1) is 18.5. The molecule has 2 aromatic rings. The van der Waals surface area contributed by atoms with Gasteiger partial charge in [0.15, 0.2) is 6.61 Å². The molecule has 0 saturated heterocycles. The van der Waals surface area contributed by atoms with Crippen molar-refractivity contribution >= 4 is 23.6 Å². The number of aryl methyl sites for hydroxylation is 2. The summed E-state index contributed by atoms with van der Waals surface area (Å²) >= 11 is 1.45. The van der Waals surface area contributed by atoms with Crippen LogP contribution in [-0.4, -0.2) is 24.2 Å². The highest BCUT2D eigenvalue weighted by atomic mass is 32.2. The number of carbonyl (C=O) groups excluding carboxylic acids is 2. The molecule has 0 saturated carbocycles. The summed E-state index contributed by atoms with van der Waals surface area (Å²) in [4.78, 5) is 24.9. The van der Waals surface area contributed by atoms with Gasteiger partial charge < -0.3 is 10.1 Å². The first-order chi connectivity index (χ1) is 12.6. The Balaban J connectivity index is 1.39. The minimum atomic E-state index is -0.377. The Morgan fingerprint density at radius 1 is 1.12 bits per heavy atom. The molecule has 0 unspecified atom stereocenters. The zero-order chi connectivity index (χ0) is 18.4. The third-order valence-corrected chi connectivity index (χ3v) is 5.44. The van der Waals surface area contributed by atoms with Crippen LogP contribution in [0.15, 0.2) is 53.4 Å². The van der Waals surface area contributed by atoms with E-state index in [-0.39, 0.29) is 30.3 Å². The highest BCUT2D eigenvalue weighted by molar-refractivity contribution is 8.00. The Morgan fingerprint density at radius 3 is 2.69 bits per heavy atom. The average molecular weight is 369 g/mol. The number of nitrogens with one attached hydrogen (secondary N) is 1. The smallest absolute Gasteiger partial charge is 0.316 e. The van der Waals surface area contributed by atoms with Crippen LogP contribution < -0.4 is 5.32 Å². The molecule has 0 aliphatic heterocycles. The van der Waals surface area contributed by atoms with Crippen LogP contribution in [0.2, 0.25) is 0 Å². The first-order valence-corrected chi connectivity index (χ1v) is 9.85. The number of benzene rings is 2. The molecule has 5 heteroatoms. The molecule has 0 heterocycles. The van der Waals surface area contributed by atoms with Crippen molar-refractivity contribution in [1.82, 2.24) is 5.32 Å². The van der Waals surface area contributed by atoms with Gasteiger partial charge in [0.25, 0.3) is 5.91 Å². The fraction of sp³-hybridized carbons (Fsp3) is 0.333. The van der Waals surface area contributed by atoms with E-state index in [0.29, 0.717) is 0 Å². The van der Waals surface area contributed by atoms with Crippen LogP contribution in [0.25, 0.3) is 0 Å². The largest absolute Gasteiger partial charge is 0.455 e. The second kappa shape index (κ2) is 8.90. The quantitative estimate of drug-likeness (QED) is 0.597. The number of rotatable bonds is 7. The van der Waals surface area contributed by atoms with Gasteiger partial charge in [0.1, 0.15) is 0 Å². The molecule has 26 heavy (non-hydrogen) atoms. The highest BCUT2D eigenvalue weighted by Crippen LogP contribution is 2.27. The fourth-order valence-corrected chi connectivity index (χ4v) is 3.83. The summed E-state index contributed by atoms with van der Waals surface area (Å²) in [5.41, 5.74) is 3.82. The van der Waals surface area contributed by atoms with Gasteiger partial charge in [-0.1, -0.05) is 36.4 Å². The maximum Gasteiger partial charge on any atom is 0.316 e. The number of hydrogen-bond acceptors (Lipinski definition) is 4. The van der Waals surface area contributed by atoms with Crippen molar-refractivity contribution in [3.8, 4) is 0 Å². The minimum Gasteiger partial charge on any atom is -0.455 e. The molecule has 1 atom stereocenters. The molecule has 0 bridgehead atoms. The molecule has 0 radical (unpaired) electrons. The van der Waals surface area contributed by atoms with E-state index >= 15 is 0 Å². The Kier molecular flexibility index (Phi) is 6.34. The molecular formula is C21H23NO3S. The van der Waals surface area contributed by atoms with E-state index in [2.05, 4.69) is 23.5 Å². The second-order valence-corrected chi connectivity index (χ2v) is 7.48. The zero-order valence-corrected chi connectivity index (χ0v) is 15.7. The van der Waals surface area contributed by atoms with E-state index in [1.807, 2.05) is 37.3 Å².